The van der Waals surface area contributed by atoms with Gasteiger partial charge in [0.15, 0.2) is 0 Å². The van der Waals surface area contributed by atoms with Crippen molar-refractivity contribution < 1.29 is 0 Å². The van der Waals surface area contributed by atoms with Crippen LogP contribution in [0.4, 0.5) is 0 Å². The minimum Gasteiger partial charge on any atom is -0.271 e. The first-order valence-electron chi connectivity index (χ1n) is 7.26. The first-order valence-corrected chi connectivity index (χ1v) is 7.26. The second kappa shape index (κ2) is 8.08. The Balaban J connectivity index is 2.22. The van der Waals surface area contributed by atoms with Crippen molar-refractivity contribution in [3.05, 3.63) is 0 Å². The molecule has 0 bridgehead atoms. The van der Waals surface area contributed by atoms with E-state index in [2.05, 4.69) is 19.3 Å². The van der Waals surface area contributed by atoms with Crippen molar-refractivity contribution in [2.24, 2.45) is 17.7 Å². The molecule has 96 valence electrons. The Labute approximate surface area is 101 Å². The van der Waals surface area contributed by atoms with Gasteiger partial charge in [0, 0.05) is 6.04 Å². The van der Waals surface area contributed by atoms with E-state index in [1.165, 1.54) is 57.8 Å². The summed E-state index contributed by atoms with van der Waals surface area (Å²) in [5.74, 6) is 7.52. The van der Waals surface area contributed by atoms with Crippen LogP contribution in [0, 0.1) is 11.8 Å². The fourth-order valence-electron chi connectivity index (χ4n) is 2.75. The molecule has 1 rings (SSSR count). The van der Waals surface area contributed by atoms with Crippen LogP contribution < -0.4 is 11.3 Å². The monoisotopic (exact) mass is 226 g/mol. The van der Waals surface area contributed by atoms with E-state index in [0.29, 0.717) is 6.04 Å². The van der Waals surface area contributed by atoms with E-state index in [4.69, 9.17) is 5.84 Å². The number of hydrogen-bond acceptors (Lipinski definition) is 2. The summed E-state index contributed by atoms with van der Waals surface area (Å²) in [5.41, 5.74) is 3.04. The molecule has 2 atom stereocenters. The van der Waals surface area contributed by atoms with Crippen LogP contribution in [0.25, 0.3) is 0 Å². The van der Waals surface area contributed by atoms with Gasteiger partial charge in [-0.15, -0.1) is 0 Å². The van der Waals surface area contributed by atoms with Gasteiger partial charge in [-0.3, -0.25) is 11.3 Å². The van der Waals surface area contributed by atoms with Crippen LogP contribution in [-0.4, -0.2) is 6.04 Å². The number of hydrogen-bond donors (Lipinski definition) is 2. The number of nitrogens with two attached hydrogens (primary N) is 1. The zero-order chi connectivity index (χ0) is 11.8. The first-order chi connectivity index (χ1) is 7.80. The minimum atomic E-state index is 0.562. The number of hydrazine groups is 1. The molecule has 0 radical (unpaired) electrons. The lowest BCUT2D eigenvalue weighted by atomic mass is 9.79. The van der Waals surface area contributed by atoms with Crippen LogP contribution >= 0.6 is 0 Å². The molecule has 1 aliphatic carbocycles. The number of nitrogens with one attached hydrogen (secondary N) is 1. The molecule has 3 N–H and O–H groups in total. The fourth-order valence-corrected chi connectivity index (χ4v) is 2.75. The largest absolute Gasteiger partial charge is 0.271 e. The third kappa shape index (κ3) is 4.84. The minimum absolute atomic E-state index is 0.562. The SMILES string of the molecule is CCCCC(CC)CC(CC1CCC1)NN. The van der Waals surface area contributed by atoms with Crippen LogP contribution in [-0.2, 0) is 0 Å². The second-order valence-corrected chi connectivity index (χ2v) is 5.55. The molecule has 2 heteroatoms. The molecule has 0 saturated heterocycles. The molecule has 2 nitrogen and oxygen atoms in total. The van der Waals surface area contributed by atoms with E-state index >= 15 is 0 Å². The highest BCUT2D eigenvalue weighted by atomic mass is 15.2. The topological polar surface area (TPSA) is 38.0 Å². The molecule has 0 aromatic rings. The van der Waals surface area contributed by atoms with Crippen LogP contribution in [0.5, 0.6) is 0 Å². The Morgan fingerprint density at radius 2 is 2.06 bits per heavy atom. The van der Waals surface area contributed by atoms with Crippen LogP contribution in [0.2, 0.25) is 0 Å². The lowest BCUT2D eigenvalue weighted by Gasteiger charge is -2.31. The van der Waals surface area contributed by atoms with Gasteiger partial charge in [0.25, 0.3) is 0 Å². The Bertz CT molecular complexity index is 166. The van der Waals surface area contributed by atoms with Gasteiger partial charge in [-0.25, -0.2) is 0 Å². The standard InChI is InChI=1S/C14H30N2/c1-3-5-7-12(4-2)10-14(16-15)11-13-8-6-9-13/h12-14,16H,3-11,15H2,1-2H3. The zero-order valence-electron chi connectivity index (χ0n) is 11.2. The van der Waals surface area contributed by atoms with E-state index in [0.717, 1.165) is 11.8 Å². The van der Waals surface area contributed by atoms with Gasteiger partial charge in [0.2, 0.25) is 0 Å². The summed E-state index contributed by atoms with van der Waals surface area (Å²) in [5, 5.41) is 0. The molecule has 16 heavy (non-hydrogen) atoms. The molecular formula is C14H30N2. The van der Waals surface area contributed by atoms with Crippen LogP contribution in [0.1, 0.15) is 71.6 Å². The predicted octanol–water partition coefficient (Wildman–Crippen LogP) is 3.62. The van der Waals surface area contributed by atoms with Crippen molar-refractivity contribution in [2.75, 3.05) is 0 Å². The van der Waals surface area contributed by atoms with Gasteiger partial charge in [-0.2, -0.15) is 0 Å². The van der Waals surface area contributed by atoms with E-state index in [9.17, 15) is 0 Å². The van der Waals surface area contributed by atoms with Crippen molar-refractivity contribution in [1.82, 2.24) is 5.43 Å². The molecule has 1 saturated carbocycles. The van der Waals surface area contributed by atoms with Gasteiger partial charge in [0.05, 0.1) is 0 Å². The maximum Gasteiger partial charge on any atom is 0.0215 e. The lowest BCUT2D eigenvalue weighted by Crippen LogP contribution is -2.39. The van der Waals surface area contributed by atoms with E-state index in [-0.39, 0.29) is 0 Å². The van der Waals surface area contributed by atoms with E-state index in [1.807, 2.05) is 0 Å². The highest BCUT2D eigenvalue weighted by Crippen LogP contribution is 2.32. The van der Waals surface area contributed by atoms with Crippen LogP contribution in [0.3, 0.4) is 0 Å². The normalized spacial score (nSPS) is 20.4. The Morgan fingerprint density at radius 1 is 1.31 bits per heavy atom. The lowest BCUT2D eigenvalue weighted by molar-refractivity contribution is 0.235. The molecular weight excluding hydrogens is 196 g/mol. The summed E-state index contributed by atoms with van der Waals surface area (Å²) in [4.78, 5) is 0. The Kier molecular flexibility index (Phi) is 7.06. The first kappa shape index (κ1) is 14.0. The van der Waals surface area contributed by atoms with Crippen molar-refractivity contribution in [3.63, 3.8) is 0 Å². The highest BCUT2D eigenvalue weighted by Gasteiger charge is 2.23. The highest BCUT2D eigenvalue weighted by molar-refractivity contribution is 4.78. The van der Waals surface area contributed by atoms with Gasteiger partial charge < -0.3 is 0 Å². The fraction of sp³-hybridized carbons (Fsp3) is 1.00. The molecule has 1 aliphatic rings. The Morgan fingerprint density at radius 3 is 2.50 bits per heavy atom. The Hall–Kier alpha value is -0.0800. The average Bonchev–Trinajstić information content (AvgIpc) is 2.26. The smallest absolute Gasteiger partial charge is 0.0215 e. The maximum atomic E-state index is 5.68. The molecule has 1 fully saturated rings. The van der Waals surface area contributed by atoms with Gasteiger partial charge >= 0.3 is 0 Å². The molecule has 0 aromatic carbocycles. The van der Waals surface area contributed by atoms with Crippen molar-refractivity contribution in [2.45, 2.75) is 77.7 Å². The number of unbranched alkanes of at least 4 members (excludes halogenated alkanes) is 1. The summed E-state index contributed by atoms with van der Waals surface area (Å²) in [6.45, 7) is 4.59. The average molecular weight is 226 g/mol. The number of rotatable bonds is 9. The summed E-state index contributed by atoms with van der Waals surface area (Å²) in [6, 6.07) is 0.562. The van der Waals surface area contributed by atoms with Crippen molar-refractivity contribution in [3.8, 4) is 0 Å². The van der Waals surface area contributed by atoms with Gasteiger partial charge in [-0.1, -0.05) is 58.8 Å². The molecule has 0 heterocycles. The second-order valence-electron chi connectivity index (χ2n) is 5.55. The quantitative estimate of drug-likeness (QED) is 0.465. The molecule has 0 aromatic heterocycles. The van der Waals surface area contributed by atoms with E-state index < -0.39 is 0 Å². The third-order valence-corrected chi connectivity index (χ3v) is 4.24. The molecule has 0 spiro atoms. The molecule has 0 aliphatic heterocycles. The van der Waals surface area contributed by atoms with Gasteiger partial charge in [-0.05, 0) is 24.7 Å². The van der Waals surface area contributed by atoms with E-state index in [1.54, 1.807) is 0 Å². The third-order valence-electron chi connectivity index (χ3n) is 4.24. The van der Waals surface area contributed by atoms with Gasteiger partial charge in [0.1, 0.15) is 0 Å². The predicted molar refractivity (Wildman–Crippen MR) is 71.0 cm³/mol. The van der Waals surface area contributed by atoms with Crippen molar-refractivity contribution in [1.29, 1.82) is 0 Å². The summed E-state index contributed by atoms with van der Waals surface area (Å²) >= 11 is 0. The summed E-state index contributed by atoms with van der Waals surface area (Å²) in [7, 11) is 0. The molecule has 0 amide bonds. The molecule has 2 unspecified atom stereocenters. The van der Waals surface area contributed by atoms with Crippen molar-refractivity contribution >= 4 is 0 Å². The zero-order valence-corrected chi connectivity index (χ0v) is 11.2. The summed E-state index contributed by atoms with van der Waals surface area (Å²) in [6.07, 6.45) is 12.3. The summed E-state index contributed by atoms with van der Waals surface area (Å²) < 4.78 is 0. The maximum absolute atomic E-state index is 5.68. The van der Waals surface area contributed by atoms with Crippen LogP contribution in [0.15, 0.2) is 0 Å².